The maximum Gasteiger partial charge on any atom is 0.228 e. The number of aryl methyl sites for hydroxylation is 1. The number of fused-ring (bicyclic) bond motifs is 2. The Hall–Kier alpha value is -3.01. The van der Waals surface area contributed by atoms with Crippen molar-refractivity contribution < 1.29 is 14.2 Å². The van der Waals surface area contributed by atoms with Crippen molar-refractivity contribution in [2.24, 2.45) is 0 Å². The summed E-state index contributed by atoms with van der Waals surface area (Å²) < 4.78 is 19.1. The van der Waals surface area contributed by atoms with Gasteiger partial charge in [0, 0.05) is 48.7 Å². The highest BCUT2D eigenvalue weighted by atomic mass is 16.7. The van der Waals surface area contributed by atoms with Gasteiger partial charge in [0.05, 0.1) is 32.8 Å². The van der Waals surface area contributed by atoms with Crippen LogP contribution in [0.4, 0.5) is 5.95 Å². The lowest BCUT2D eigenvalue weighted by molar-refractivity contribution is -0.182. The number of rotatable bonds is 5. The Morgan fingerprint density at radius 1 is 1.03 bits per heavy atom. The van der Waals surface area contributed by atoms with E-state index < -0.39 is 0 Å². The minimum absolute atomic E-state index is 0.171. The largest absolute Gasteiger partial charge is 0.378 e. The van der Waals surface area contributed by atoms with Crippen molar-refractivity contribution in [3.63, 3.8) is 0 Å². The molecule has 0 amide bonds. The van der Waals surface area contributed by atoms with Crippen molar-refractivity contribution in [1.82, 2.24) is 24.5 Å². The fraction of sp³-hybridized carbons (Fsp3) is 0.435. The van der Waals surface area contributed by atoms with E-state index in [1.165, 1.54) is 0 Å². The van der Waals surface area contributed by atoms with Crippen LogP contribution in [-0.4, -0.2) is 70.3 Å². The number of nitrogens with zero attached hydrogens (tertiary/aromatic N) is 5. The molecule has 3 aromatic heterocycles. The van der Waals surface area contributed by atoms with Gasteiger partial charge in [-0.05, 0) is 18.6 Å². The zero-order valence-electron chi connectivity index (χ0n) is 17.9. The molecule has 5 heterocycles. The fourth-order valence-electron chi connectivity index (χ4n) is 4.43. The normalized spacial score (nSPS) is 18.1. The van der Waals surface area contributed by atoms with E-state index in [1.54, 1.807) is 0 Å². The molecule has 2 aliphatic rings. The Morgan fingerprint density at radius 2 is 1.91 bits per heavy atom. The summed E-state index contributed by atoms with van der Waals surface area (Å²) in [4.78, 5) is 20.2. The summed E-state index contributed by atoms with van der Waals surface area (Å²) in [5, 5.41) is 1.12. The molecule has 2 saturated heterocycles. The van der Waals surface area contributed by atoms with Crippen LogP contribution < -0.4 is 4.90 Å². The van der Waals surface area contributed by atoms with Gasteiger partial charge in [-0.3, -0.25) is 0 Å². The first-order valence-corrected chi connectivity index (χ1v) is 11.2. The first-order valence-electron chi connectivity index (χ1n) is 11.2. The second-order valence-electron chi connectivity index (χ2n) is 8.14. The number of anilines is 1. The molecule has 0 radical (unpaired) electrons. The lowest BCUT2D eigenvalue weighted by atomic mass is 10.1. The topological polar surface area (TPSA) is 90.3 Å². The van der Waals surface area contributed by atoms with E-state index in [9.17, 15) is 0 Å². The van der Waals surface area contributed by atoms with Crippen molar-refractivity contribution in [2.45, 2.75) is 25.7 Å². The van der Waals surface area contributed by atoms with Crippen molar-refractivity contribution in [1.29, 1.82) is 0 Å². The van der Waals surface area contributed by atoms with Crippen LogP contribution in [0.15, 0.2) is 36.8 Å². The van der Waals surface area contributed by atoms with Crippen LogP contribution in [0.5, 0.6) is 0 Å². The van der Waals surface area contributed by atoms with Crippen LogP contribution in [0.3, 0.4) is 0 Å². The number of ether oxygens (including phenoxy) is 3. The predicted octanol–water partition coefficient (Wildman–Crippen LogP) is 2.96. The Kier molecular flexibility index (Phi) is 5.22. The van der Waals surface area contributed by atoms with Gasteiger partial charge in [-0.2, -0.15) is 4.98 Å². The lowest BCUT2D eigenvalue weighted by Gasteiger charge is -2.27. The Bertz CT molecular complexity index is 1220. The molecule has 9 heteroatoms. The van der Waals surface area contributed by atoms with E-state index in [-0.39, 0.29) is 6.29 Å². The number of imidazole rings is 1. The minimum Gasteiger partial charge on any atom is -0.378 e. The molecule has 0 spiro atoms. The molecule has 166 valence electrons. The quantitative estimate of drug-likeness (QED) is 0.516. The van der Waals surface area contributed by atoms with Gasteiger partial charge in [-0.1, -0.05) is 12.1 Å². The summed E-state index contributed by atoms with van der Waals surface area (Å²) in [7, 11) is 0. The highest BCUT2D eigenvalue weighted by Crippen LogP contribution is 2.33. The van der Waals surface area contributed by atoms with Crippen molar-refractivity contribution in [3.05, 3.63) is 36.8 Å². The van der Waals surface area contributed by atoms with Crippen molar-refractivity contribution in [2.75, 3.05) is 44.4 Å². The molecular weight excluding hydrogens is 408 g/mol. The van der Waals surface area contributed by atoms with Crippen LogP contribution in [-0.2, 0) is 20.8 Å². The van der Waals surface area contributed by atoms with Gasteiger partial charge in [-0.15, -0.1) is 0 Å². The predicted molar refractivity (Wildman–Crippen MR) is 121 cm³/mol. The van der Waals surface area contributed by atoms with Crippen molar-refractivity contribution in [3.8, 4) is 11.3 Å². The molecule has 9 nitrogen and oxygen atoms in total. The van der Waals surface area contributed by atoms with Crippen LogP contribution in [0.2, 0.25) is 0 Å². The number of morpholine rings is 1. The summed E-state index contributed by atoms with van der Waals surface area (Å²) in [6.45, 7) is 5.13. The maximum absolute atomic E-state index is 5.73. The number of aromatic amines is 1. The summed E-state index contributed by atoms with van der Waals surface area (Å²) in [6, 6.07) is 8.31. The van der Waals surface area contributed by atoms with Gasteiger partial charge in [0.15, 0.2) is 11.9 Å². The standard InChI is InChI=1S/C23H26N6O3/c1-3-17(16-5-7-24-18(16)4-1)20-21-22(27-23(26-20)28-9-13-30-14-10-28)29(15-25-21)8-6-19-31-11-2-12-32-19/h1,3-5,7,15,19,24H,2,6,8-14H2. The smallest absolute Gasteiger partial charge is 0.228 e. The summed E-state index contributed by atoms with van der Waals surface area (Å²) in [5.74, 6) is 0.718. The van der Waals surface area contributed by atoms with Crippen LogP contribution in [0.25, 0.3) is 33.3 Å². The molecule has 4 aromatic rings. The third kappa shape index (κ3) is 3.62. The second kappa shape index (κ2) is 8.50. The molecule has 0 atom stereocenters. The number of nitrogens with one attached hydrogen (secondary N) is 1. The van der Waals surface area contributed by atoms with Crippen LogP contribution in [0, 0.1) is 0 Å². The van der Waals surface area contributed by atoms with Crippen molar-refractivity contribution >= 4 is 28.0 Å². The first kappa shape index (κ1) is 19.7. The number of aromatic nitrogens is 5. The highest BCUT2D eigenvalue weighted by Gasteiger charge is 2.22. The number of hydrogen-bond donors (Lipinski definition) is 1. The van der Waals surface area contributed by atoms with Gasteiger partial charge < -0.3 is 28.7 Å². The van der Waals surface area contributed by atoms with Crippen LogP contribution in [0.1, 0.15) is 12.8 Å². The molecular formula is C23H26N6O3. The Balaban J connectivity index is 1.44. The summed E-state index contributed by atoms with van der Waals surface area (Å²) in [6.07, 6.45) is 5.35. The van der Waals surface area contributed by atoms with Gasteiger partial charge in [0.1, 0.15) is 11.2 Å². The van der Waals surface area contributed by atoms with E-state index in [1.807, 2.05) is 18.6 Å². The number of hydrogen-bond acceptors (Lipinski definition) is 7. The van der Waals surface area contributed by atoms with Crippen LogP contribution >= 0.6 is 0 Å². The molecule has 1 aromatic carbocycles. The number of H-pyrrole nitrogens is 1. The van der Waals surface area contributed by atoms with Gasteiger partial charge in [0.2, 0.25) is 5.95 Å². The third-order valence-corrected chi connectivity index (χ3v) is 6.10. The molecule has 32 heavy (non-hydrogen) atoms. The zero-order valence-corrected chi connectivity index (χ0v) is 17.9. The zero-order chi connectivity index (χ0) is 21.3. The van der Waals surface area contributed by atoms with E-state index in [0.717, 1.165) is 78.4 Å². The fourth-order valence-corrected chi connectivity index (χ4v) is 4.43. The lowest BCUT2D eigenvalue weighted by Crippen LogP contribution is -2.37. The van der Waals surface area contributed by atoms with E-state index >= 15 is 0 Å². The summed E-state index contributed by atoms with van der Waals surface area (Å²) in [5.41, 5.74) is 4.62. The average Bonchev–Trinajstić information content (AvgIpc) is 3.50. The molecule has 0 bridgehead atoms. The SMILES string of the molecule is c1cc(-c2nc(N3CCOCC3)nc3c2ncn3CCC2OCCCO2)c2cc[nH]c2c1. The molecule has 0 unspecified atom stereocenters. The summed E-state index contributed by atoms with van der Waals surface area (Å²) >= 11 is 0. The minimum atomic E-state index is -0.171. The van der Waals surface area contributed by atoms with E-state index in [2.05, 4.69) is 32.7 Å². The van der Waals surface area contributed by atoms with Gasteiger partial charge in [-0.25, -0.2) is 9.97 Å². The molecule has 2 fully saturated rings. The highest BCUT2D eigenvalue weighted by molar-refractivity contribution is 6.00. The Morgan fingerprint density at radius 3 is 2.78 bits per heavy atom. The first-order chi connectivity index (χ1) is 15.9. The third-order valence-electron chi connectivity index (χ3n) is 6.10. The molecule has 0 saturated carbocycles. The molecule has 0 aliphatic carbocycles. The monoisotopic (exact) mass is 434 g/mol. The Labute approximate surface area is 185 Å². The van der Waals surface area contributed by atoms with Gasteiger partial charge >= 0.3 is 0 Å². The molecule has 1 N–H and O–H groups in total. The van der Waals surface area contributed by atoms with E-state index in [4.69, 9.17) is 29.2 Å². The maximum atomic E-state index is 5.73. The van der Waals surface area contributed by atoms with Gasteiger partial charge in [0.25, 0.3) is 0 Å². The second-order valence-corrected chi connectivity index (χ2v) is 8.14. The van der Waals surface area contributed by atoms with E-state index in [0.29, 0.717) is 19.8 Å². The average molecular weight is 435 g/mol. The molecule has 2 aliphatic heterocycles. The number of benzene rings is 1. The molecule has 6 rings (SSSR count).